The van der Waals surface area contributed by atoms with Crippen molar-refractivity contribution in [3.63, 3.8) is 0 Å². The molecule has 0 amide bonds. The number of benzene rings is 1. The van der Waals surface area contributed by atoms with Crippen molar-refractivity contribution in [3.05, 3.63) is 54.5 Å². The van der Waals surface area contributed by atoms with Crippen LogP contribution in [0.1, 0.15) is 5.76 Å². The van der Waals surface area contributed by atoms with Gasteiger partial charge in [-0.25, -0.2) is 8.42 Å². The average Bonchev–Trinajstić information content (AvgIpc) is 3.10. The Hall–Kier alpha value is -2.54. The Morgan fingerprint density at radius 2 is 1.90 bits per heavy atom. The monoisotopic (exact) mass is 304 g/mol. The van der Waals surface area contributed by atoms with Crippen LogP contribution >= 0.6 is 0 Å². The van der Waals surface area contributed by atoms with Crippen LogP contribution in [0.3, 0.4) is 0 Å². The van der Waals surface area contributed by atoms with Crippen molar-refractivity contribution in [2.45, 2.75) is 11.8 Å². The predicted octanol–water partition coefficient (Wildman–Crippen LogP) is 3.04. The first-order valence-corrected chi connectivity index (χ1v) is 7.63. The highest BCUT2D eigenvalue weighted by Crippen LogP contribution is 2.22. The number of hydrogen-bond donors (Lipinski definition) is 1. The zero-order valence-corrected chi connectivity index (χ0v) is 11.9. The van der Waals surface area contributed by atoms with Crippen molar-refractivity contribution in [3.8, 4) is 11.3 Å². The summed E-state index contributed by atoms with van der Waals surface area (Å²) in [5.74, 6) is 1.36. The third kappa shape index (κ3) is 2.82. The fourth-order valence-electron chi connectivity index (χ4n) is 1.85. The number of furan rings is 1. The fourth-order valence-corrected chi connectivity index (χ4v) is 2.84. The summed E-state index contributed by atoms with van der Waals surface area (Å²) in [4.78, 5) is 0.137. The van der Waals surface area contributed by atoms with Crippen LogP contribution < -0.4 is 4.72 Å². The second-order valence-electron chi connectivity index (χ2n) is 4.43. The molecule has 2 aromatic heterocycles. The normalized spacial score (nSPS) is 11.5. The van der Waals surface area contributed by atoms with Gasteiger partial charge in [0.25, 0.3) is 10.0 Å². The van der Waals surface area contributed by atoms with E-state index in [9.17, 15) is 8.42 Å². The number of aryl methyl sites for hydroxylation is 1. The van der Waals surface area contributed by atoms with E-state index in [0.717, 1.165) is 5.56 Å². The van der Waals surface area contributed by atoms with Crippen LogP contribution in [0.4, 0.5) is 5.82 Å². The van der Waals surface area contributed by atoms with E-state index in [4.69, 9.17) is 8.94 Å². The summed E-state index contributed by atoms with van der Waals surface area (Å²) >= 11 is 0. The Balaban J connectivity index is 1.86. The lowest BCUT2D eigenvalue weighted by atomic mass is 10.2. The van der Waals surface area contributed by atoms with Crippen molar-refractivity contribution in [2.24, 2.45) is 0 Å². The van der Waals surface area contributed by atoms with E-state index in [1.807, 2.05) is 0 Å². The van der Waals surface area contributed by atoms with Gasteiger partial charge in [0.05, 0.1) is 11.2 Å². The molecule has 1 aromatic carbocycles. The molecule has 0 unspecified atom stereocenters. The van der Waals surface area contributed by atoms with E-state index in [0.29, 0.717) is 11.5 Å². The summed E-state index contributed by atoms with van der Waals surface area (Å²) in [6.45, 7) is 1.68. The minimum absolute atomic E-state index is 0.137. The number of nitrogens with zero attached hydrogens (tertiary/aromatic N) is 1. The quantitative estimate of drug-likeness (QED) is 0.800. The molecular formula is C14H12N2O4S. The maximum atomic E-state index is 12.2. The van der Waals surface area contributed by atoms with Crippen LogP contribution in [0.2, 0.25) is 0 Å². The molecule has 0 fully saturated rings. The zero-order chi connectivity index (χ0) is 14.9. The van der Waals surface area contributed by atoms with E-state index in [1.54, 1.807) is 37.5 Å². The molecule has 0 radical (unpaired) electrons. The molecule has 0 spiro atoms. The maximum Gasteiger partial charge on any atom is 0.263 e. The van der Waals surface area contributed by atoms with Gasteiger partial charge in [-0.2, -0.15) is 0 Å². The van der Waals surface area contributed by atoms with Crippen molar-refractivity contribution < 1.29 is 17.4 Å². The first-order chi connectivity index (χ1) is 10.0. The first-order valence-electron chi connectivity index (χ1n) is 6.15. The second kappa shape index (κ2) is 5.10. The molecule has 0 atom stereocenters. The van der Waals surface area contributed by atoms with Gasteiger partial charge in [0.2, 0.25) is 0 Å². The minimum Gasteiger partial charge on any atom is -0.464 e. The van der Waals surface area contributed by atoms with E-state index in [1.165, 1.54) is 18.2 Å². The Bertz CT molecular complexity index is 833. The van der Waals surface area contributed by atoms with E-state index < -0.39 is 10.0 Å². The van der Waals surface area contributed by atoms with Crippen LogP contribution in [0, 0.1) is 6.92 Å². The van der Waals surface area contributed by atoms with Crippen molar-refractivity contribution in [2.75, 3.05) is 4.72 Å². The number of aromatic nitrogens is 1. The zero-order valence-electron chi connectivity index (χ0n) is 11.1. The van der Waals surface area contributed by atoms with Crippen LogP contribution in [0.5, 0.6) is 0 Å². The molecular weight excluding hydrogens is 292 g/mol. The molecule has 0 aliphatic heterocycles. The molecule has 7 heteroatoms. The van der Waals surface area contributed by atoms with Gasteiger partial charge in [0.1, 0.15) is 11.5 Å². The van der Waals surface area contributed by atoms with Crippen LogP contribution in [-0.4, -0.2) is 13.6 Å². The summed E-state index contributed by atoms with van der Waals surface area (Å²) in [5.41, 5.74) is 0.802. The smallest absolute Gasteiger partial charge is 0.263 e. The molecule has 1 N–H and O–H groups in total. The van der Waals surface area contributed by atoms with Gasteiger partial charge in [-0.15, -0.1) is 0 Å². The molecule has 0 saturated carbocycles. The van der Waals surface area contributed by atoms with Crippen molar-refractivity contribution in [1.82, 2.24) is 5.16 Å². The van der Waals surface area contributed by atoms with Crippen LogP contribution in [-0.2, 0) is 10.0 Å². The summed E-state index contributed by atoms with van der Waals surface area (Å²) in [5, 5.41) is 3.60. The highest BCUT2D eigenvalue weighted by atomic mass is 32.2. The largest absolute Gasteiger partial charge is 0.464 e. The molecule has 0 aliphatic rings. The molecule has 21 heavy (non-hydrogen) atoms. The molecule has 0 saturated heterocycles. The summed E-state index contributed by atoms with van der Waals surface area (Å²) in [6, 6.07) is 11.5. The molecule has 108 valence electrons. The maximum absolute atomic E-state index is 12.2. The lowest BCUT2D eigenvalue weighted by Gasteiger charge is -2.05. The number of hydrogen-bond acceptors (Lipinski definition) is 5. The van der Waals surface area contributed by atoms with Gasteiger partial charge in [-0.3, -0.25) is 4.72 Å². The first kappa shape index (κ1) is 13.4. The van der Waals surface area contributed by atoms with E-state index in [-0.39, 0.29) is 10.7 Å². The van der Waals surface area contributed by atoms with Gasteiger partial charge >= 0.3 is 0 Å². The number of rotatable bonds is 4. The van der Waals surface area contributed by atoms with Gasteiger partial charge in [-0.05, 0) is 43.3 Å². The van der Waals surface area contributed by atoms with Crippen LogP contribution in [0.25, 0.3) is 11.3 Å². The van der Waals surface area contributed by atoms with Gasteiger partial charge in [0.15, 0.2) is 5.82 Å². The highest BCUT2D eigenvalue weighted by molar-refractivity contribution is 7.92. The third-order valence-corrected chi connectivity index (χ3v) is 4.21. The van der Waals surface area contributed by atoms with Gasteiger partial charge in [0, 0.05) is 11.6 Å². The second-order valence-corrected chi connectivity index (χ2v) is 6.11. The molecule has 2 heterocycles. The van der Waals surface area contributed by atoms with Crippen molar-refractivity contribution in [1.29, 1.82) is 0 Å². The molecule has 0 bridgehead atoms. The topological polar surface area (TPSA) is 85.3 Å². The molecule has 3 rings (SSSR count). The average molecular weight is 304 g/mol. The summed E-state index contributed by atoms with van der Waals surface area (Å²) < 4.78 is 36.8. The lowest BCUT2D eigenvalue weighted by molar-refractivity contribution is 0.400. The van der Waals surface area contributed by atoms with E-state index >= 15 is 0 Å². The molecule has 3 aromatic rings. The summed E-state index contributed by atoms with van der Waals surface area (Å²) in [7, 11) is -3.69. The Morgan fingerprint density at radius 1 is 1.14 bits per heavy atom. The number of sulfonamides is 1. The van der Waals surface area contributed by atoms with Gasteiger partial charge in [-0.1, -0.05) is 5.16 Å². The third-order valence-electron chi connectivity index (χ3n) is 2.84. The van der Waals surface area contributed by atoms with E-state index in [2.05, 4.69) is 9.88 Å². The lowest BCUT2D eigenvalue weighted by Crippen LogP contribution is -2.12. The van der Waals surface area contributed by atoms with Crippen molar-refractivity contribution >= 4 is 15.8 Å². The van der Waals surface area contributed by atoms with Gasteiger partial charge < -0.3 is 8.94 Å². The molecule has 6 nitrogen and oxygen atoms in total. The Labute approximate surface area is 121 Å². The number of anilines is 1. The fraction of sp³-hybridized carbons (Fsp3) is 0.0714. The molecule has 0 aliphatic carbocycles. The Morgan fingerprint density at radius 3 is 2.48 bits per heavy atom. The highest BCUT2D eigenvalue weighted by Gasteiger charge is 2.16. The van der Waals surface area contributed by atoms with Crippen LogP contribution in [0.15, 0.2) is 62.6 Å². The number of nitrogens with one attached hydrogen (secondary N) is 1. The SMILES string of the molecule is Cc1cc(NS(=O)(=O)c2ccc(-c3ccco3)cc2)no1. The Kier molecular flexibility index (Phi) is 3.26. The summed E-state index contributed by atoms with van der Waals surface area (Å²) in [6.07, 6.45) is 1.56. The minimum atomic E-state index is -3.69. The standard InChI is InChI=1S/C14H12N2O4S/c1-10-9-14(15-20-10)16-21(17,18)12-6-4-11(5-7-12)13-3-2-8-19-13/h2-9H,1H3,(H,15,16). The predicted molar refractivity (Wildman–Crippen MR) is 76.2 cm³/mol.